The molecular weight excluding hydrogens is 445 g/mol. The van der Waals surface area contributed by atoms with Gasteiger partial charge in [-0.05, 0) is 31.1 Å². The molecule has 2 aromatic rings. The smallest absolute Gasteiger partial charge is 0.191 e. The number of aromatic nitrogens is 2. The molecule has 2 heterocycles. The van der Waals surface area contributed by atoms with Gasteiger partial charge >= 0.3 is 0 Å². The molecule has 0 bridgehead atoms. The second kappa shape index (κ2) is 9.47. The normalized spacial score (nSPS) is 20.2. The predicted octanol–water partition coefficient (Wildman–Crippen LogP) is 3.65. The minimum Gasteiger partial charge on any atom is -0.355 e. The van der Waals surface area contributed by atoms with Gasteiger partial charge in [-0.25, -0.2) is 4.98 Å². The third kappa shape index (κ3) is 5.64. The maximum Gasteiger partial charge on any atom is 0.191 e. The maximum atomic E-state index is 4.45. The average Bonchev–Trinajstić information content (AvgIpc) is 3.26. The van der Waals surface area contributed by atoms with Crippen LogP contribution in [-0.4, -0.2) is 40.0 Å². The van der Waals surface area contributed by atoms with Crippen LogP contribution < -0.4 is 10.6 Å². The van der Waals surface area contributed by atoms with Crippen molar-refractivity contribution in [2.24, 2.45) is 4.99 Å². The fraction of sp³-hybridized carbons (Fsp3) is 0.444. The highest BCUT2D eigenvalue weighted by Crippen LogP contribution is 2.36. The molecule has 1 aromatic carbocycles. The van der Waals surface area contributed by atoms with Crippen molar-refractivity contribution in [2.75, 3.05) is 19.3 Å². The quantitative estimate of drug-likeness (QED) is 0.354. The molecule has 136 valence electrons. The van der Waals surface area contributed by atoms with Gasteiger partial charge in [0.15, 0.2) is 5.96 Å². The Morgan fingerprint density at radius 1 is 1.32 bits per heavy atom. The Balaban J connectivity index is 0.00000225. The summed E-state index contributed by atoms with van der Waals surface area (Å²) < 4.78 is 0.322. The molecule has 1 saturated heterocycles. The van der Waals surface area contributed by atoms with Crippen LogP contribution in [0.15, 0.2) is 41.5 Å². The molecule has 3 rings (SSSR count). The van der Waals surface area contributed by atoms with Gasteiger partial charge in [0.1, 0.15) is 5.82 Å². The highest BCUT2D eigenvalue weighted by molar-refractivity contribution is 14.0. The summed E-state index contributed by atoms with van der Waals surface area (Å²) in [6, 6.07) is 10.2. The minimum atomic E-state index is 0. The summed E-state index contributed by atoms with van der Waals surface area (Å²) >= 11 is 2.05. The molecule has 1 atom stereocenters. The highest BCUT2D eigenvalue weighted by Gasteiger charge is 2.29. The third-order valence-electron chi connectivity index (χ3n) is 4.29. The lowest BCUT2D eigenvalue weighted by Crippen LogP contribution is -2.43. The van der Waals surface area contributed by atoms with Crippen molar-refractivity contribution in [3.8, 4) is 11.3 Å². The SMILES string of the molecule is CN=C(NCc1ncc(-c2ccccc2)[nH]1)NCC1(C)CCCS1.I. The zero-order valence-electron chi connectivity index (χ0n) is 14.7. The van der Waals surface area contributed by atoms with Gasteiger partial charge in [-0.2, -0.15) is 11.8 Å². The van der Waals surface area contributed by atoms with E-state index >= 15 is 0 Å². The molecule has 0 aliphatic carbocycles. The second-order valence-electron chi connectivity index (χ2n) is 6.29. The Morgan fingerprint density at radius 3 is 2.80 bits per heavy atom. The molecule has 0 saturated carbocycles. The van der Waals surface area contributed by atoms with E-state index in [0.717, 1.165) is 29.6 Å². The Bertz CT molecular complexity index is 680. The zero-order valence-corrected chi connectivity index (χ0v) is 17.9. The van der Waals surface area contributed by atoms with E-state index < -0.39 is 0 Å². The number of aromatic amines is 1. The van der Waals surface area contributed by atoms with Gasteiger partial charge in [0.25, 0.3) is 0 Å². The van der Waals surface area contributed by atoms with Crippen molar-refractivity contribution < 1.29 is 0 Å². The Morgan fingerprint density at radius 2 is 2.12 bits per heavy atom. The standard InChI is InChI=1S/C18H25N5S.HI/c1-18(9-6-10-24-18)13-22-17(19-2)21-12-16-20-11-15(23-16)14-7-4-3-5-8-14;/h3-5,7-8,11H,6,9-10,12-13H2,1-2H3,(H,20,23)(H2,19,21,22);1H. The van der Waals surface area contributed by atoms with Crippen LogP contribution in [0.25, 0.3) is 11.3 Å². The van der Waals surface area contributed by atoms with Crippen molar-refractivity contribution >= 4 is 41.7 Å². The molecule has 3 N–H and O–H groups in total. The topological polar surface area (TPSA) is 65.1 Å². The van der Waals surface area contributed by atoms with Crippen molar-refractivity contribution in [1.82, 2.24) is 20.6 Å². The van der Waals surface area contributed by atoms with Crippen molar-refractivity contribution in [3.63, 3.8) is 0 Å². The third-order valence-corrected chi connectivity index (χ3v) is 5.83. The maximum absolute atomic E-state index is 4.45. The van der Waals surface area contributed by atoms with Crippen LogP contribution in [0.1, 0.15) is 25.6 Å². The molecule has 1 aliphatic heterocycles. The summed E-state index contributed by atoms with van der Waals surface area (Å²) in [4.78, 5) is 12.1. The molecule has 1 unspecified atom stereocenters. The first-order valence-electron chi connectivity index (χ1n) is 8.36. The van der Waals surface area contributed by atoms with Crippen LogP contribution in [0.3, 0.4) is 0 Å². The average molecular weight is 471 g/mol. The van der Waals surface area contributed by atoms with Gasteiger partial charge in [-0.15, -0.1) is 24.0 Å². The number of halogens is 1. The van der Waals surface area contributed by atoms with Gasteiger partial charge in [-0.3, -0.25) is 4.99 Å². The number of imidazole rings is 1. The fourth-order valence-electron chi connectivity index (χ4n) is 2.85. The Hall–Kier alpha value is -1.22. The van der Waals surface area contributed by atoms with E-state index in [0.29, 0.717) is 11.3 Å². The summed E-state index contributed by atoms with van der Waals surface area (Å²) in [6.45, 7) is 3.88. The molecule has 0 amide bonds. The number of H-pyrrole nitrogens is 1. The number of benzene rings is 1. The number of nitrogens with zero attached hydrogens (tertiary/aromatic N) is 2. The minimum absolute atomic E-state index is 0. The summed E-state index contributed by atoms with van der Waals surface area (Å²) in [6.07, 6.45) is 4.45. The predicted molar refractivity (Wildman–Crippen MR) is 118 cm³/mol. The van der Waals surface area contributed by atoms with Crippen LogP contribution in [0, 0.1) is 0 Å². The van der Waals surface area contributed by atoms with Crippen molar-refractivity contribution in [2.45, 2.75) is 31.1 Å². The first-order chi connectivity index (χ1) is 11.7. The van der Waals surface area contributed by atoms with Gasteiger partial charge in [0.2, 0.25) is 0 Å². The van der Waals surface area contributed by atoms with Crippen LogP contribution in [0.2, 0.25) is 0 Å². The molecule has 7 heteroatoms. The van der Waals surface area contributed by atoms with E-state index in [4.69, 9.17) is 0 Å². The number of aliphatic imine (C=N–C) groups is 1. The van der Waals surface area contributed by atoms with Crippen LogP contribution in [-0.2, 0) is 6.54 Å². The summed E-state index contributed by atoms with van der Waals surface area (Å²) in [7, 11) is 1.80. The van der Waals surface area contributed by atoms with E-state index in [9.17, 15) is 0 Å². The van der Waals surface area contributed by atoms with Crippen LogP contribution in [0.4, 0.5) is 0 Å². The number of nitrogens with one attached hydrogen (secondary N) is 3. The Kier molecular flexibility index (Phi) is 7.61. The monoisotopic (exact) mass is 471 g/mol. The van der Waals surface area contributed by atoms with E-state index in [1.165, 1.54) is 18.6 Å². The van der Waals surface area contributed by atoms with E-state index in [1.807, 2.05) is 36.2 Å². The second-order valence-corrected chi connectivity index (χ2v) is 7.97. The lowest BCUT2D eigenvalue weighted by Gasteiger charge is -2.24. The molecule has 25 heavy (non-hydrogen) atoms. The number of hydrogen-bond donors (Lipinski definition) is 3. The number of rotatable bonds is 5. The van der Waals surface area contributed by atoms with Crippen LogP contribution >= 0.6 is 35.7 Å². The van der Waals surface area contributed by atoms with Crippen molar-refractivity contribution in [1.29, 1.82) is 0 Å². The number of thioether (sulfide) groups is 1. The molecule has 0 spiro atoms. The number of guanidine groups is 1. The van der Waals surface area contributed by atoms with Gasteiger partial charge < -0.3 is 15.6 Å². The highest BCUT2D eigenvalue weighted by atomic mass is 127. The molecule has 1 fully saturated rings. The first-order valence-corrected chi connectivity index (χ1v) is 9.35. The zero-order chi connectivity index (χ0) is 16.8. The summed E-state index contributed by atoms with van der Waals surface area (Å²) in [5.74, 6) is 2.98. The van der Waals surface area contributed by atoms with Crippen LogP contribution in [0.5, 0.6) is 0 Å². The fourth-order valence-corrected chi connectivity index (χ4v) is 4.10. The summed E-state index contributed by atoms with van der Waals surface area (Å²) in [5, 5.41) is 6.76. The largest absolute Gasteiger partial charge is 0.355 e. The number of hydrogen-bond acceptors (Lipinski definition) is 3. The lowest BCUT2D eigenvalue weighted by molar-refractivity contribution is 0.584. The van der Waals surface area contributed by atoms with E-state index in [2.05, 4.69) is 44.7 Å². The molecule has 0 radical (unpaired) electrons. The molecular formula is C18H26IN5S. The van der Waals surface area contributed by atoms with Crippen molar-refractivity contribution in [3.05, 3.63) is 42.4 Å². The molecule has 1 aliphatic rings. The van der Waals surface area contributed by atoms with E-state index in [-0.39, 0.29) is 24.0 Å². The van der Waals surface area contributed by atoms with Gasteiger partial charge in [-0.1, -0.05) is 30.3 Å². The van der Waals surface area contributed by atoms with E-state index in [1.54, 1.807) is 7.05 Å². The molecule has 5 nitrogen and oxygen atoms in total. The Labute approximate surface area is 170 Å². The lowest BCUT2D eigenvalue weighted by atomic mass is 10.1. The van der Waals surface area contributed by atoms with Gasteiger partial charge in [0, 0.05) is 18.3 Å². The van der Waals surface area contributed by atoms with Gasteiger partial charge in [0.05, 0.1) is 18.4 Å². The molecule has 1 aromatic heterocycles. The first kappa shape index (κ1) is 20.1. The summed E-state index contributed by atoms with van der Waals surface area (Å²) in [5.41, 5.74) is 2.18.